The average molecular weight is 1070 g/mol. The molecule has 0 radical (unpaired) electrons. The number of ether oxygens (including phenoxy) is 4. The highest BCUT2D eigenvalue weighted by Gasteiger charge is 2.68. The number of carbonyl (C=O) groups is 8. The van der Waals surface area contributed by atoms with Gasteiger partial charge >= 0.3 is 23.9 Å². The third-order valence-electron chi connectivity index (χ3n) is 14.3. The van der Waals surface area contributed by atoms with E-state index in [4.69, 9.17) is 18.9 Å². The number of benzene rings is 6. The molecule has 0 saturated carbocycles. The van der Waals surface area contributed by atoms with Crippen molar-refractivity contribution >= 4 is 93.0 Å². The van der Waals surface area contributed by atoms with E-state index in [9.17, 15) is 19.2 Å². The number of fused-ring (bicyclic) bond motifs is 7. The Morgan fingerprint density at radius 2 is 0.769 bits per heavy atom. The third-order valence-corrected chi connectivity index (χ3v) is 16.6. The van der Waals surface area contributed by atoms with E-state index in [1.807, 2.05) is 0 Å². The molecule has 78 heavy (non-hydrogen) atoms. The van der Waals surface area contributed by atoms with E-state index in [0.717, 1.165) is 22.7 Å². The van der Waals surface area contributed by atoms with Crippen LogP contribution in [0.25, 0.3) is 33.1 Å². The molecule has 0 spiro atoms. The first-order valence-electron chi connectivity index (χ1n) is 24.7. The second kappa shape index (κ2) is 19.9. The van der Waals surface area contributed by atoms with Crippen molar-refractivity contribution < 1.29 is 57.3 Å². The topological polar surface area (TPSA) is 173 Å². The lowest BCUT2D eigenvalue weighted by Gasteiger charge is -2.33. The van der Waals surface area contributed by atoms with Gasteiger partial charge in [0.15, 0.2) is 0 Å². The number of thiophene rings is 2. The van der Waals surface area contributed by atoms with Crippen LogP contribution in [0, 0.1) is 0 Å². The molecule has 14 heteroatoms. The number of hydrogen-bond acceptors (Lipinski definition) is 14. The van der Waals surface area contributed by atoms with E-state index in [1.165, 1.54) is 18.2 Å². The quantitative estimate of drug-likeness (QED) is 0.0332. The molecule has 0 unspecified atom stereocenters. The molecule has 0 N–H and O–H groups in total. The highest BCUT2D eigenvalue weighted by molar-refractivity contribution is 7.24. The zero-order valence-electron chi connectivity index (χ0n) is 41.0. The molecule has 2 aromatic heterocycles. The average Bonchev–Trinajstić information content (AvgIpc) is 2.57. The van der Waals surface area contributed by atoms with E-state index in [1.54, 1.807) is 176 Å². The van der Waals surface area contributed by atoms with Crippen LogP contribution >= 0.6 is 22.7 Å². The van der Waals surface area contributed by atoms with E-state index in [2.05, 4.69) is 0 Å². The van der Waals surface area contributed by atoms with Crippen LogP contribution < -0.4 is 0 Å². The second-order valence-corrected chi connectivity index (χ2v) is 20.9. The smallest absolute Gasteiger partial charge is 0.333 e. The fourth-order valence-electron chi connectivity index (χ4n) is 10.6. The molecule has 12 nitrogen and oxygen atoms in total. The Hall–Kier alpha value is -9.50. The minimum Gasteiger partial charge on any atom is -0.459 e. The first-order valence-corrected chi connectivity index (χ1v) is 26.3. The molecule has 2 heterocycles. The lowest BCUT2D eigenvalue weighted by atomic mass is 9.69. The molecule has 4 aliphatic rings. The summed E-state index contributed by atoms with van der Waals surface area (Å²) in [6.45, 7) is -1.35. The van der Waals surface area contributed by atoms with Gasteiger partial charge in [0, 0.05) is 48.7 Å². The summed E-state index contributed by atoms with van der Waals surface area (Å²) in [6, 6.07) is 49.6. The zero-order chi connectivity index (χ0) is 53.7. The largest absolute Gasteiger partial charge is 0.459 e. The number of rotatable bonds is 14. The molecule has 0 bridgehead atoms. The Morgan fingerprint density at radius 1 is 0.397 bits per heavy atom. The van der Waals surface area contributed by atoms with Crippen molar-refractivity contribution in [2.24, 2.45) is 0 Å². The van der Waals surface area contributed by atoms with Gasteiger partial charge in [-0.25, -0.2) is 0 Å². The van der Waals surface area contributed by atoms with E-state index < -0.39 is 57.8 Å². The Bertz CT molecular complexity index is 3850. The number of hydrogen-bond donors (Lipinski definition) is 0. The van der Waals surface area contributed by atoms with Gasteiger partial charge in [-0.15, -0.1) is 22.7 Å². The van der Waals surface area contributed by atoms with Crippen LogP contribution in [0.5, 0.6) is 0 Å². The number of Topliss-reactive ketones (excluding diaryl/α,β-unsaturated/α-hetero) is 4. The fraction of sp³-hybridized carbons (Fsp3) is 0.0938. The first kappa shape index (κ1) is 49.4. The molecule has 4 aliphatic carbocycles. The molecule has 0 atom stereocenters. The van der Waals surface area contributed by atoms with Crippen LogP contribution in [0.3, 0.4) is 0 Å². The van der Waals surface area contributed by atoms with E-state index >= 15 is 19.2 Å². The maximum Gasteiger partial charge on any atom is 0.333 e. The Labute approximate surface area is 453 Å². The van der Waals surface area contributed by atoms with Crippen LogP contribution in [0.2, 0.25) is 0 Å². The zero-order valence-corrected chi connectivity index (χ0v) is 42.7. The molecular weight excluding hydrogens is 1020 g/mol. The summed E-state index contributed by atoms with van der Waals surface area (Å²) in [5.74, 6) is -7.70. The molecule has 0 amide bonds. The van der Waals surface area contributed by atoms with Gasteiger partial charge in [0.25, 0.3) is 0 Å². The molecule has 8 aromatic rings. The van der Waals surface area contributed by atoms with Crippen molar-refractivity contribution in [2.45, 2.75) is 37.3 Å². The summed E-state index contributed by atoms with van der Waals surface area (Å²) in [6.07, 6.45) is 4.37. The maximum atomic E-state index is 16.0. The number of carbonyl (C=O) groups excluding carboxylic acids is 8. The van der Waals surface area contributed by atoms with Crippen molar-refractivity contribution in [1.29, 1.82) is 0 Å². The number of esters is 4. The molecular formula is C64H40O12S2. The summed E-state index contributed by atoms with van der Waals surface area (Å²) in [4.78, 5) is 120. The van der Waals surface area contributed by atoms with Crippen LogP contribution in [0.15, 0.2) is 188 Å². The molecule has 0 aliphatic heterocycles. The first-order chi connectivity index (χ1) is 38.0. The second-order valence-electron chi connectivity index (χ2n) is 18.8. The van der Waals surface area contributed by atoms with Crippen molar-refractivity contribution in [3.8, 4) is 9.75 Å². The van der Waals surface area contributed by atoms with E-state index in [0.29, 0.717) is 37.6 Å². The van der Waals surface area contributed by atoms with Gasteiger partial charge in [0.2, 0.25) is 34.0 Å². The Balaban J connectivity index is 1.13. The van der Waals surface area contributed by atoms with Gasteiger partial charge in [0.1, 0.15) is 26.4 Å². The third kappa shape index (κ3) is 8.03. The van der Waals surface area contributed by atoms with Crippen LogP contribution in [-0.2, 0) is 85.0 Å². The molecule has 0 saturated heterocycles. The summed E-state index contributed by atoms with van der Waals surface area (Å²) < 4.78 is 25.0. The van der Waals surface area contributed by atoms with E-state index in [-0.39, 0.29) is 86.3 Å². The molecule has 6 aromatic carbocycles. The summed E-state index contributed by atoms with van der Waals surface area (Å²) >= 11 is 2.17. The van der Waals surface area contributed by atoms with Gasteiger partial charge in [-0.2, -0.15) is 0 Å². The number of ketones is 4. The molecule has 12 rings (SSSR count). The number of allylic oxidation sites excluding steroid dienone is 3. The molecule has 380 valence electrons. The fourth-order valence-corrected chi connectivity index (χ4v) is 13.2. The Morgan fingerprint density at radius 3 is 1.19 bits per heavy atom. The summed E-state index contributed by atoms with van der Waals surface area (Å²) in [5.41, 5.74) is -2.43. The minimum atomic E-state index is -2.72. The van der Waals surface area contributed by atoms with Gasteiger partial charge in [0.05, 0.1) is 9.75 Å². The SMILES string of the molecule is O=C1C(=O)c2ccccc2/C1=C/C1=Cc2sc3c(c2C1(C(=O)OCc1ccccc1)C(=O)OCc1ccccc1)C(C(=O)OCc1ccccc1)(C(=O)OCc1ccccc1)c1cc(/C=C2\C(=O)C(=O)c4ccccc42)sc1-3. The lowest BCUT2D eigenvalue weighted by Crippen LogP contribution is -2.51. The van der Waals surface area contributed by atoms with Crippen LogP contribution in [0.1, 0.15) is 80.5 Å². The van der Waals surface area contributed by atoms with Gasteiger partial charge < -0.3 is 18.9 Å². The minimum absolute atomic E-state index is 0.0612. The Kier molecular flexibility index (Phi) is 12.6. The summed E-state index contributed by atoms with van der Waals surface area (Å²) in [7, 11) is 0. The normalized spacial score (nSPS) is 16.0. The van der Waals surface area contributed by atoms with Gasteiger partial charge in [-0.1, -0.05) is 170 Å². The van der Waals surface area contributed by atoms with Crippen molar-refractivity contribution in [3.63, 3.8) is 0 Å². The lowest BCUT2D eigenvalue weighted by molar-refractivity contribution is -0.167. The van der Waals surface area contributed by atoms with Crippen molar-refractivity contribution in [1.82, 2.24) is 0 Å². The monoisotopic (exact) mass is 1060 g/mol. The van der Waals surface area contributed by atoms with Crippen molar-refractivity contribution in [3.05, 3.63) is 259 Å². The molecule has 0 fully saturated rings. The predicted octanol–water partition coefficient (Wildman–Crippen LogP) is 10.8. The highest BCUT2D eigenvalue weighted by atomic mass is 32.1. The standard InChI is InChI=1S/C64H40O12S2/c65-53-45-27-15-13-25-43(45)47(55(53)67)29-41-30-50-51(63(41,59(69)73-33-37-17-5-1-6-18-37)60(70)74-34-38-19-7-2-8-20-38)52-58(78-50)57-49(32-42(77-57)31-48-44-26-14-16-28-46(44)54(66)56(48)68)64(52,61(71)75-35-39-21-9-3-10-22-39)62(72)76-36-40-23-11-4-12-24-40/h1-32H,33-36H2/b47-29-,48-31-. The van der Waals surface area contributed by atoms with Gasteiger partial charge in [-0.05, 0) is 63.2 Å². The van der Waals surface area contributed by atoms with Crippen LogP contribution in [-0.4, -0.2) is 47.0 Å². The highest BCUT2D eigenvalue weighted by Crippen LogP contribution is 2.64. The van der Waals surface area contributed by atoms with Gasteiger partial charge in [-0.3, -0.25) is 38.4 Å². The summed E-state index contributed by atoms with van der Waals surface area (Å²) in [5, 5.41) is 0. The predicted molar refractivity (Wildman–Crippen MR) is 290 cm³/mol. The van der Waals surface area contributed by atoms with Crippen molar-refractivity contribution in [2.75, 3.05) is 0 Å². The van der Waals surface area contributed by atoms with Crippen LogP contribution in [0.4, 0.5) is 0 Å². The maximum absolute atomic E-state index is 16.0.